The number of nitrogens with zero attached hydrogens (tertiary/aromatic N) is 5. The number of imidazole rings is 1. The molecule has 138 heavy (non-hydrogen) atoms. The highest BCUT2D eigenvalue weighted by atomic mass is 32.2. The number of para-hydroxylation sites is 2. The maximum absolute atomic E-state index is 16.2. The van der Waals surface area contributed by atoms with Crippen molar-refractivity contribution in [3.05, 3.63) is 161 Å². The Morgan fingerprint density at radius 3 is 1.74 bits per heavy atom. The number of thioether (sulfide) groups is 1. The fraction of sp³-hybridized carbons (Fsp3) is 0.473. The van der Waals surface area contributed by atoms with E-state index in [1.165, 1.54) is 39.7 Å². The van der Waals surface area contributed by atoms with Gasteiger partial charge in [0.1, 0.15) is 72.5 Å². The van der Waals surface area contributed by atoms with Gasteiger partial charge in [-0.2, -0.15) is 0 Å². The largest absolute Gasteiger partial charge is 0.394 e. The molecule has 0 spiro atoms. The number of primary amides is 2. The Balaban J connectivity index is 1.11. The quantitative estimate of drug-likeness (QED) is 0.00793. The summed E-state index contributed by atoms with van der Waals surface area (Å²) >= 11 is 0.697. The fourth-order valence-electron chi connectivity index (χ4n) is 16.1. The van der Waals surface area contributed by atoms with Crippen LogP contribution in [0.5, 0.6) is 0 Å². The summed E-state index contributed by atoms with van der Waals surface area (Å²) in [6.45, 7) is 3.27. The van der Waals surface area contributed by atoms with Gasteiger partial charge in [-0.1, -0.05) is 100 Å². The van der Waals surface area contributed by atoms with Gasteiger partial charge in [-0.3, -0.25) is 82.1 Å². The number of hydrogen-bond acceptors (Lipinski definition) is 21. The lowest BCUT2D eigenvalue weighted by atomic mass is 9.99. The molecule has 2 fully saturated rings. The second kappa shape index (κ2) is 51.2. The summed E-state index contributed by atoms with van der Waals surface area (Å²) in [5.74, 6) is -31.0. The van der Waals surface area contributed by atoms with Gasteiger partial charge in [-0.25, -0.2) is 26.9 Å². The number of nitrogens with two attached hydrogens (primary N) is 3. The van der Waals surface area contributed by atoms with Crippen molar-refractivity contribution >= 4 is 134 Å². The normalized spacial score (nSPS) is 23.0. The molecule has 7 aromatic rings. The van der Waals surface area contributed by atoms with E-state index in [0.29, 0.717) is 60.9 Å². The van der Waals surface area contributed by atoms with Crippen LogP contribution in [0, 0.1) is 40.4 Å². The fourth-order valence-corrected chi connectivity index (χ4v) is 17.0. The van der Waals surface area contributed by atoms with Crippen LogP contribution in [0.3, 0.4) is 0 Å². The third-order valence-electron chi connectivity index (χ3n) is 23.6. The molecular formula is C91H119F5N24O17S. The van der Waals surface area contributed by atoms with Crippen LogP contribution >= 0.6 is 11.8 Å². The van der Waals surface area contributed by atoms with Crippen LogP contribution in [0.1, 0.15) is 113 Å². The number of carbonyl (C=O) groups excluding carboxylic acids is 16. The summed E-state index contributed by atoms with van der Waals surface area (Å²) in [5, 5.41) is 51.4. The van der Waals surface area contributed by atoms with Crippen LogP contribution in [0.15, 0.2) is 104 Å². The van der Waals surface area contributed by atoms with E-state index in [2.05, 4.69) is 83.7 Å². The average molecular weight is 1950 g/mol. The maximum atomic E-state index is 16.2. The van der Waals surface area contributed by atoms with Gasteiger partial charge >= 0.3 is 0 Å². The van der Waals surface area contributed by atoms with E-state index in [9.17, 15) is 67.0 Å². The predicted octanol–water partition coefficient (Wildman–Crippen LogP) is -1.26. The van der Waals surface area contributed by atoms with Gasteiger partial charge in [0, 0.05) is 130 Å². The molecule has 2 saturated heterocycles. The van der Waals surface area contributed by atoms with Crippen molar-refractivity contribution < 1.29 is 104 Å². The number of likely N-dealkylation sites (N-methyl/N-ethyl adjacent to an activating group) is 3. The molecule has 23 N–H and O–H groups in total. The van der Waals surface area contributed by atoms with Crippen LogP contribution in [0.4, 0.5) is 22.0 Å². The molecule has 13 atom stereocenters. The third-order valence-corrected chi connectivity index (χ3v) is 24.6. The number of nitrogens with one attached hydrogen (secondary N) is 16. The van der Waals surface area contributed by atoms with E-state index in [1.54, 1.807) is 106 Å². The number of rotatable bonds is 25. The monoisotopic (exact) mass is 1950 g/mol. The molecule has 0 aliphatic carbocycles. The summed E-state index contributed by atoms with van der Waals surface area (Å²) in [5.41, 5.74) is 18.0. The van der Waals surface area contributed by atoms with Crippen molar-refractivity contribution in [1.29, 1.82) is 5.41 Å². The molecule has 5 heterocycles. The molecule has 3 aromatic heterocycles. The number of unbranched alkanes of at least 4 members (excludes halogenated alkanes) is 1. The van der Waals surface area contributed by atoms with E-state index in [4.69, 9.17) is 22.6 Å². The smallest absolute Gasteiger partial charge is 0.246 e. The first kappa shape index (κ1) is 108. The van der Waals surface area contributed by atoms with E-state index in [-0.39, 0.29) is 96.2 Å². The minimum Gasteiger partial charge on any atom is -0.394 e. The van der Waals surface area contributed by atoms with Gasteiger partial charge in [0.25, 0.3) is 0 Å². The first-order valence-electron chi connectivity index (χ1n) is 44.9. The Kier molecular flexibility index (Phi) is 39.9. The lowest BCUT2D eigenvalue weighted by Gasteiger charge is -2.33. The van der Waals surface area contributed by atoms with Crippen molar-refractivity contribution in [3.63, 3.8) is 0 Å². The van der Waals surface area contributed by atoms with Crippen LogP contribution in [0.25, 0.3) is 21.8 Å². The molecular weight excluding hydrogens is 1830 g/mol. The Hall–Kier alpha value is -14.1. The zero-order valence-corrected chi connectivity index (χ0v) is 78.0. The molecule has 0 saturated carbocycles. The molecule has 0 radical (unpaired) electrons. The van der Waals surface area contributed by atoms with Gasteiger partial charge in [-0.15, -0.1) is 11.8 Å². The SMILES string of the molecule is CCCC[C@H]1C(=O)N[C@@H](CCCNC(=N)N)C(=O)N[C@H](C(=O)NCC(N)=O)CSCC(=O)N[C@@H](Cc2ccccc2)C(=O)N(C)[C@@H](C)C(=O)N[C@@H](CC(N)=O)C(=O)N2CCC[C@H]2C(=O)N[C@@H](Cc2cnc[nH]2)C(=O)N[C@@H](CC(C)C)C(=O)N(C)CC(=O)N[C@@H](Cc2c[nH]c3ccccc23)CN[C@@H](CO)C(=O)N[C@@H](Cc2c[nH]c3ccccc23)C(=O)N[C@@H](Cc2c(F)c(F)c(F)c(F)c2F)C(=O)N1C. The van der Waals surface area contributed by atoms with Crippen molar-refractivity contribution in [1.82, 2.24) is 103 Å². The first-order chi connectivity index (χ1) is 65.7. The van der Waals surface area contributed by atoms with E-state index >= 15 is 36.7 Å². The highest BCUT2D eigenvalue weighted by Gasteiger charge is 2.44. The van der Waals surface area contributed by atoms with Crippen LogP contribution in [0.2, 0.25) is 0 Å². The molecule has 41 nitrogen and oxygen atoms in total. The van der Waals surface area contributed by atoms with Crippen LogP contribution in [-0.4, -0.2) is 296 Å². The van der Waals surface area contributed by atoms with Gasteiger partial charge in [-0.05, 0) is 86.6 Å². The summed E-state index contributed by atoms with van der Waals surface area (Å²) in [6, 6.07) is 0.411. The Morgan fingerprint density at radius 2 is 1.13 bits per heavy atom. The van der Waals surface area contributed by atoms with Crippen molar-refractivity contribution in [2.45, 2.75) is 196 Å². The molecule has 47 heteroatoms. The molecule has 2 aliphatic heterocycles. The lowest BCUT2D eigenvalue weighted by Crippen LogP contribution is -2.61. The minimum atomic E-state index is -2.59. The highest BCUT2D eigenvalue weighted by Crippen LogP contribution is 2.28. The minimum absolute atomic E-state index is 0.00614. The molecule has 0 bridgehead atoms. The summed E-state index contributed by atoms with van der Waals surface area (Å²) < 4.78 is 78.1. The lowest BCUT2D eigenvalue weighted by molar-refractivity contribution is -0.145. The molecule has 9 rings (SSSR count). The van der Waals surface area contributed by atoms with E-state index in [0.717, 1.165) is 21.7 Å². The number of benzene rings is 4. The number of carbonyl (C=O) groups is 16. The molecule has 746 valence electrons. The number of guanidine groups is 1. The molecule has 0 unspecified atom stereocenters. The number of fused-ring (bicyclic) bond motifs is 3. The topological polar surface area (TPSA) is 613 Å². The molecule has 2 aliphatic rings. The number of hydrogen-bond donors (Lipinski definition) is 20. The van der Waals surface area contributed by atoms with Gasteiger partial charge in [0.15, 0.2) is 29.2 Å². The molecule has 4 aromatic carbocycles. The van der Waals surface area contributed by atoms with E-state index in [1.807, 2.05) is 0 Å². The zero-order chi connectivity index (χ0) is 101. The van der Waals surface area contributed by atoms with E-state index < -0.39 is 264 Å². The number of aromatic nitrogens is 4. The standard InChI is InChI=1S/C91H119F5N24O17S/c1-8-9-26-68-85(132)110-59(25-17-28-102-91(99)100)81(128)116-67(80(127)106-41-71(98)123)44-138-45-73(125)109-63(31-49-19-11-10-12-20-49)88(135)118(6)48(4)79(126)113-65(36-70(97)122)90(137)120-29-18-27-69(120)86(133)112-61(34-52-39-101-46-107-52)83(130)114-62(30-47(2)3)87(134)117(5)42-72(124)108-53(32-50-37-103-57-23-15-13-21-54(50)57)40-105-66(43-121)84(131)111-60(33-51-38-104-58-24-16-14-22-55(51)58)82(129)115-64(89(136)119(68)7)35-56-74(92)76(94)78(96)77(95)75(56)93/h10-16,19-24,37-39,46-48,53,59-69,103-105,121H,8-9,17-18,25-36,40-45H2,1-7H3,(H2,97,122)(H2,98,123)(H,101,107)(H,106,127)(H,108,124)(H,109,125)(H,110,132)(H,111,131)(H,112,133)(H,113,126)(H,114,130)(H,115,129)(H,116,128)(H4,99,100,102)/t48-,53-,59-,60-,61-,62-,63-,64-,65-,66-,67-,68-,69-/m0/s1. The average Bonchev–Trinajstić information content (AvgIpc) is 1.17. The number of aliphatic hydroxyl groups is 1. The Labute approximate surface area is 794 Å². The summed E-state index contributed by atoms with van der Waals surface area (Å²) in [6.07, 6.45) is 2.07. The molecule has 16 amide bonds. The van der Waals surface area contributed by atoms with Gasteiger partial charge in [0.2, 0.25) is 100 Å². The number of aliphatic hydroxyl groups excluding tert-OH is 1. The number of amides is 16. The predicted molar refractivity (Wildman–Crippen MR) is 495 cm³/mol. The Morgan fingerprint density at radius 1 is 0.565 bits per heavy atom. The second-order valence-corrected chi connectivity index (χ2v) is 35.4. The van der Waals surface area contributed by atoms with Crippen molar-refractivity contribution in [3.8, 4) is 0 Å². The van der Waals surface area contributed by atoms with Crippen molar-refractivity contribution in [2.75, 3.05) is 72.0 Å². The number of aromatic amines is 3. The van der Waals surface area contributed by atoms with Crippen LogP contribution < -0.4 is 81.0 Å². The zero-order valence-electron chi connectivity index (χ0n) is 77.2. The highest BCUT2D eigenvalue weighted by molar-refractivity contribution is 8.00. The summed E-state index contributed by atoms with van der Waals surface area (Å²) in [4.78, 5) is 250. The summed E-state index contributed by atoms with van der Waals surface area (Å²) in [7, 11) is 3.49. The second-order valence-electron chi connectivity index (χ2n) is 34.4. The number of halogens is 5. The first-order valence-corrected chi connectivity index (χ1v) is 46.1. The van der Waals surface area contributed by atoms with Gasteiger partial charge < -0.3 is 121 Å². The third kappa shape index (κ3) is 29.9. The maximum Gasteiger partial charge on any atom is 0.246 e. The van der Waals surface area contributed by atoms with Crippen molar-refractivity contribution in [2.24, 2.45) is 23.1 Å². The van der Waals surface area contributed by atoms with Gasteiger partial charge in [0.05, 0.1) is 38.2 Å². The van der Waals surface area contributed by atoms with Crippen LogP contribution in [-0.2, 0) is 109 Å². The number of H-pyrrole nitrogens is 3. The Bertz CT molecular complexity index is 5510.